The van der Waals surface area contributed by atoms with Crippen LogP contribution in [0.2, 0.25) is 0 Å². The highest BCUT2D eigenvalue weighted by atomic mass is 32.2. The van der Waals surface area contributed by atoms with Crippen LogP contribution < -0.4 is 15.8 Å². The van der Waals surface area contributed by atoms with Gasteiger partial charge in [0.15, 0.2) is 9.84 Å². The van der Waals surface area contributed by atoms with Gasteiger partial charge in [-0.1, -0.05) is 0 Å². The van der Waals surface area contributed by atoms with E-state index >= 15 is 0 Å². The number of hydrogen-bond donors (Lipinski definition) is 2. The van der Waals surface area contributed by atoms with Gasteiger partial charge >= 0.3 is 0 Å². The van der Waals surface area contributed by atoms with E-state index in [2.05, 4.69) is 5.32 Å². The molecule has 1 fully saturated rings. The van der Waals surface area contributed by atoms with Gasteiger partial charge in [0.05, 0.1) is 23.3 Å². The second-order valence-corrected chi connectivity index (χ2v) is 7.43. The highest BCUT2D eigenvalue weighted by Gasteiger charge is 2.31. The number of nitrogens with two attached hydrogens (primary N) is 1. The van der Waals surface area contributed by atoms with Crippen LogP contribution in [0.5, 0.6) is 5.75 Å². The summed E-state index contributed by atoms with van der Waals surface area (Å²) in [5, 5.41) is 2.19. The number of hydrogen-bond acceptors (Lipinski definition) is 5. The van der Waals surface area contributed by atoms with Crippen molar-refractivity contribution in [3.8, 4) is 5.75 Å². The van der Waals surface area contributed by atoms with Gasteiger partial charge in [-0.3, -0.25) is 4.79 Å². The van der Waals surface area contributed by atoms with Gasteiger partial charge < -0.3 is 15.8 Å². The molecule has 1 aromatic rings. The van der Waals surface area contributed by atoms with Crippen molar-refractivity contribution in [2.75, 3.05) is 24.6 Å². The highest BCUT2D eigenvalue weighted by molar-refractivity contribution is 7.92. The molecule has 2 rings (SSSR count). The quantitative estimate of drug-likeness (QED) is 0.790. The van der Waals surface area contributed by atoms with Crippen LogP contribution in [0.3, 0.4) is 0 Å². The normalized spacial score (nSPS) is 20.1. The third kappa shape index (κ3) is 3.66. The molecular formula is C14H20N2O4S. The van der Waals surface area contributed by atoms with Crippen LogP contribution in [0.1, 0.15) is 30.1 Å². The van der Waals surface area contributed by atoms with E-state index in [0.717, 1.165) is 0 Å². The number of carbonyl (C=O) groups excluding carboxylic acids is 1. The Morgan fingerprint density at radius 3 is 2.81 bits per heavy atom. The Bertz CT molecular complexity index is 628. The molecule has 0 bridgehead atoms. The first-order valence-electron chi connectivity index (χ1n) is 6.96. The van der Waals surface area contributed by atoms with Crippen LogP contribution in [0, 0.1) is 0 Å². The van der Waals surface area contributed by atoms with Crippen molar-refractivity contribution in [1.29, 1.82) is 0 Å². The molecule has 116 valence electrons. The van der Waals surface area contributed by atoms with Gasteiger partial charge in [0.2, 0.25) is 0 Å². The maximum atomic E-state index is 12.0. The molecule has 3 N–H and O–H groups in total. The molecule has 1 aliphatic heterocycles. The molecule has 1 aliphatic rings. The van der Waals surface area contributed by atoms with Gasteiger partial charge in [-0.25, -0.2) is 8.42 Å². The number of rotatable bonds is 5. The maximum Gasteiger partial charge on any atom is 0.251 e. The van der Waals surface area contributed by atoms with Gasteiger partial charge in [-0.15, -0.1) is 0 Å². The average molecular weight is 312 g/mol. The minimum absolute atomic E-state index is 0.147. The summed E-state index contributed by atoms with van der Waals surface area (Å²) in [6, 6.07) is 4.78. The Kier molecular flexibility index (Phi) is 4.72. The number of anilines is 1. The lowest BCUT2D eigenvalue weighted by molar-refractivity contribution is 0.0953. The predicted molar refractivity (Wildman–Crippen MR) is 81.2 cm³/mol. The first kappa shape index (κ1) is 15.6. The molecule has 0 aromatic heterocycles. The molecule has 1 heterocycles. The first-order chi connectivity index (χ1) is 9.94. The van der Waals surface area contributed by atoms with Crippen molar-refractivity contribution in [2.24, 2.45) is 0 Å². The molecule has 6 nitrogen and oxygen atoms in total. The van der Waals surface area contributed by atoms with E-state index < -0.39 is 15.1 Å². The van der Waals surface area contributed by atoms with Crippen molar-refractivity contribution in [3.05, 3.63) is 23.8 Å². The Balaban J connectivity index is 1.99. The molecule has 1 atom stereocenters. The van der Waals surface area contributed by atoms with Gasteiger partial charge in [0.1, 0.15) is 5.75 Å². The summed E-state index contributed by atoms with van der Waals surface area (Å²) in [5.74, 6) is 0.420. The molecule has 1 saturated heterocycles. The molecule has 21 heavy (non-hydrogen) atoms. The number of sulfone groups is 1. The summed E-state index contributed by atoms with van der Waals surface area (Å²) < 4.78 is 28.7. The lowest BCUT2D eigenvalue weighted by Gasteiger charge is -2.12. The van der Waals surface area contributed by atoms with Crippen LogP contribution in [0.4, 0.5) is 5.69 Å². The summed E-state index contributed by atoms with van der Waals surface area (Å²) in [7, 11) is -3.05. The Morgan fingerprint density at radius 2 is 2.24 bits per heavy atom. The van der Waals surface area contributed by atoms with E-state index in [1.54, 1.807) is 12.1 Å². The van der Waals surface area contributed by atoms with Crippen molar-refractivity contribution >= 4 is 21.4 Å². The number of carbonyl (C=O) groups is 1. The van der Waals surface area contributed by atoms with E-state index in [0.29, 0.717) is 36.4 Å². The molecule has 1 aromatic carbocycles. The number of nitrogens with one attached hydrogen (secondary N) is 1. The zero-order chi connectivity index (χ0) is 15.5. The SMILES string of the molecule is CCOc1ccc(C(=O)NCC2CCCS2(=O)=O)cc1N. The predicted octanol–water partition coefficient (Wildman–Crippen LogP) is 0.974. The van der Waals surface area contributed by atoms with Crippen molar-refractivity contribution in [2.45, 2.75) is 25.0 Å². The van der Waals surface area contributed by atoms with E-state index in [-0.39, 0.29) is 18.2 Å². The third-order valence-electron chi connectivity index (χ3n) is 3.52. The Labute approximate surface area is 124 Å². The lowest BCUT2D eigenvalue weighted by atomic mass is 10.1. The Hall–Kier alpha value is -1.76. The second-order valence-electron chi connectivity index (χ2n) is 5.03. The number of nitrogen functional groups attached to an aromatic ring is 1. The van der Waals surface area contributed by atoms with E-state index in [1.165, 1.54) is 6.07 Å². The smallest absolute Gasteiger partial charge is 0.251 e. The second kappa shape index (κ2) is 6.34. The molecule has 0 spiro atoms. The fourth-order valence-corrected chi connectivity index (χ4v) is 4.14. The monoisotopic (exact) mass is 312 g/mol. The molecule has 0 aliphatic carbocycles. The van der Waals surface area contributed by atoms with Crippen molar-refractivity contribution in [3.63, 3.8) is 0 Å². The van der Waals surface area contributed by atoms with E-state index in [1.807, 2.05) is 6.92 Å². The lowest BCUT2D eigenvalue weighted by Crippen LogP contribution is -2.34. The minimum Gasteiger partial charge on any atom is -0.492 e. The molecule has 0 saturated carbocycles. The minimum atomic E-state index is -3.05. The zero-order valence-corrected chi connectivity index (χ0v) is 12.8. The largest absolute Gasteiger partial charge is 0.492 e. The Morgan fingerprint density at radius 1 is 1.48 bits per heavy atom. The van der Waals surface area contributed by atoms with Crippen LogP contribution in [-0.2, 0) is 9.84 Å². The zero-order valence-electron chi connectivity index (χ0n) is 12.0. The van der Waals surface area contributed by atoms with Crippen LogP contribution in [-0.4, -0.2) is 38.5 Å². The highest BCUT2D eigenvalue weighted by Crippen LogP contribution is 2.23. The van der Waals surface area contributed by atoms with Gasteiger partial charge in [-0.2, -0.15) is 0 Å². The van der Waals surface area contributed by atoms with E-state index in [4.69, 9.17) is 10.5 Å². The van der Waals surface area contributed by atoms with Crippen molar-refractivity contribution in [1.82, 2.24) is 5.32 Å². The third-order valence-corrected chi connectivity index (χ3v) is 5.80. The molecular weight excluding hydrogens is 292 g/mol. The van der Waals surface area contributed by atoms with Gasteiger partial charge in [-0.05, 0) is 38.0 Å². The number of ether oxygens (including phenoxy) is 1. The van der Waals surface area contributed by atoms with Crippen LogP contribution >= 0.6 is 0 Å². The van der Waals surface area contributed by atoms with Crippen LogP contribution in [0.15, 0.2) is 18.2 Å². The molecule has 7 heteroatoms. The fourth-order valence-electron chi connectivity index (χ4n) is 2.37. The summed E-state index contributed by atoms with van der Waals surface area (Å²) in [5.41, 5.74) is 6.59. The molecule has 1 unspecified atom stereocenters. The first-order valence-corrected chi connectivity index (χ1v) is 8.67. The van der Waals surface area contributed by atoms with E-state index in [9.17, 15) is 13.2 Å². The van der Waals surface area contributed by atoms with Crippen molar-refractivity contribution < 1.29 is 17.9 Å². The topological polar surface area (TPSA) is 98.5 Å². The number of benzene rings is 1. The fraction of sp³-hybridized carbons (Fsp3) is 0.500. The number of amides is 1. The summed E-state index contributed by atoms with van der Waals surface area (Å²) in [6.07, 6.45) is 1.27. The summed E-state index contributed by atoms with van der Waals surface area (Å²) in [4.78, 5) is 12.0. The molecule has 1 amide bonds. The van der Waals surface area contributed by atoms with Gasteiger partial charge in [0.25, 0.3) is 5.91 Å². The molecule has 0 radical (unpaired) electrons. The maximum absolute atomic E-state index is 12.0. The summed E-state index contributed by atoms with van der Waals surface area (Å²) >= 11 is 0. The summed E-state index contributed by atoms with van der Waals surface area (Å²) in [6.45, 7) is 2.49. The van der Waals surface area contributed by atoms with Gasteiger partial charge in [0, 0.05) is 12.1 Å². The standard InChI is InChI=1S/C14H20N2O4S/c1-2-20-13-6-5-10(8-12(13)15)14(17)16-9-11-4-3-7-21(11,18)19/h5-6,8,11H,2-4,7,9,15H2,1H3,(H,16,17). The van der Waals surface area contributed by atoms with Crippen LogP contribution in [0.25, 0.3) is 0 Å². The average Bonchev–Trinajstić information content (AvgIpc) is 2.77.